The van der Waals surface area contributed by atoms with Crippen LogP contribution in [0.25, 0.3) is 0 Å². The average molecular weight is 723 g/mol. The molecule has 2 aliphatic rings. The number of anilines is 1. The molecule has 15 heteroatoms. The van der Waals surface area contributed by atoms with Crippen molar-refractivity contribution in [3.8, 4) is 0 Å². The molecule has 4 rings (SSSR count). The molecule has 2 heterocycles. The normalized spacial score (nSPS) is 16.0. The summed E-state index contributed by atoms with van der Waals surface area (Å²) in [5, 5.41) is 14.6. The monoisotopic (exact) mass is 722 g/mol. The van der Waals surface area contributed by atoms with Gasteiger partial charge in [0.2, 0.25) is 11.9 Å². The van der Waals surface area contributed by atoms with Crippen LogP contribution < -0.4 is 15.5 Å². The van der Waals surface area contributed by atoms with Crippen LogP contribution in [0.1, 0.15) is 66.4 Å². The van der Waals surface area contributed by atoms with E-state index in [1.165, 1.54) is 9.80 Å². The quantitative estimate of drug-likeness (QED) is 0.289. The Balaban J connectivity index is 1.38. The standard InChI is InChI=1S/C37H50N6O9/c1-36(2,3)51-34(48)42-18-11-19-43(35(49)52-37(4,5)6)32(42)39-27-14-10-15-28(22-27)41-20-16-26(17-21-41)30(44)38-23-29(31(45)46)40-33(47)50-24-25-12-8-7-9-13-25/h7-10,12-15,22,26,29H,11,16-21,23-24H2,1-6H3,(H,38,44)(H,40,47)(H,45,46). The topological polar surface area (TPSA) is 179 Å². The lowest BCUT2D eigenvalue weighted by molar-refractivity contribution is -0.139. The van der Waals surface area contributed by atoms with E-state index in [-0.39, 0.29) is 30.9 Å². The lowest BCUT2D eigenvalue weighted by Crippen LogP contribution is -2.56. The lowest BCUT2D eigenvalue weighted by Gasteiger charge is -2.37. The van der Waals surface area contributed by atoms with Crippen molar-refractivity contribution >= 4 is 47.5 Å². The Kier molecular flexibility index (Phi) is 13.1. The number of rotatable bonds is 9. The number of hydrogen-bond acceptors (Lipinski definition) is 10. The summed E-state index contributed by atoms with van der Waals surface area (Å²) in [5.74, 6) is -1.84. The van der Waals surface area contributed by atoms with Gasteiger partial charge in [0.25, 0.3) is 0 Å². The number of aliphatic imine (C=N–C) groups is 1. The molecule has 4 amide bonds. The number of alkyl carbamates (subject to hydrolysis) is 1. The number of ether oxygens (including phenoxy) is 3. The zero-order valence-corrected chi connectivity index (χ0v) is 30.7. The van der Waals surface area contributed by atoms with Crippen LogP contribution in [0.2, 0.25) is 0 Å². The van der Waals surface area contributed by atoms with Crippen LogP contribution in [0.15, 0.2) is 59.6 Å². The molecule has 1 unspecified atom stereocenters. The number of carboxylic acids is 1. The zero-order valence-electron chi connectivity index (χ0n) is 30.7. The molecule has 2 fully saturated rings. The molecule has 15 nitrogen and oxygen atoms in total. The highest BCUT2D eigenvalue weighted by Gasteiger charge is 2.37. The lowest BCUT2D eigenvalue weighted by atomic mass is 9.95. The van der Waals surface area contributed by atoms with Gasteiger partial charge in [0.1, 0.15) is 23.9 Å². The number of benzene rings is 2. The van der Waals surface area contributed by atoms with E-state index in [4.69, 9.17) is 19.2 Å². The van der Waals surface area contributed by atoms with Crippen molar-refractivity contribution in [2.24, 2.45) is 10.9 Å². The van der Waals surface area contributed by atoms with Crippen LogP contribution in [-0.2, 0) is 30.4 Å². The first kappa shape index (κ1) is 39.4. The second kappa shape index (κ2) is 17.2. The maximum Gasteiger partial charge on any atom is 0.417 e. The Bertz CT molecular complexity index is 1570. The van der Waals surface area contributed by atoms with E-state index >= 15 is 0 Å². The maximum absolute atomic E-state index is 13.3. The number of carbonyl (C=O) groups is 5. The highest BCUT2D eigenvalue weighted by atomic mass is 16.6. The van der Waals surface area contributed by atoms with Gasteiger partial charge in [-0.1, -0.05) is 36.4 Å². The molecule has 0 aromatic heterocycles. The summed E-state index contributed by atoms with van der Waals surface area (Å²) in [6, 6.07) is 15.0. The van der Waals surface area contributed by atoms with Gasteiger partial charge in [-0.15, -0.1) is 0 Å². The highest BCUT2D eigenvalue weighted by molar-refractivity contribution is 6.03. The minimum atomic E-state index is -1.36. The smallest absolute Gasteiger partial charge is 0.417 e. The van der Waals surface area contributed by atoms with Crippen molar-refractivity contribution in [1.29, 1.82) is 0 Å². The summed E-state index contributed by atoms with van der Waals surface area (Å²) in [7, 11) is 0. The van der Waals surface area contributed by atoms with Crippen LogP contribution >= 0.6 is 0 Å². The molecule has 0 spiro atoms. The van der Waals surface area contributed by atoms with Crippen molar-refractivity contribution < 1.29 is 43.3 Å². The summed E-state index contributed by atoms with van der Waals surface area (Å²) < 4.78 is 16.4. The Morgan fingerprint density at radius 1 is 0.846 bits per heavy atom. The summed E-state index contributed by atoms with van der Waals surface area (Å²) in [6.45, 7) is 12.0. The predicted octanol–water partition coefficient (Wildman–Crippen LogP) is 5.26. The molecule has 0 saturated carbocycles. The van der Waals surface area contributed by atoms with Crippen LogP contribution in [0.3, 0.4) is 0 Å². The van der Waals surface area contributed by atoms with E-state index in [1.54, 1.807) is 71.9 Å². The van der Waals surface area contributed by atoms with E-state index < -0.39 is 41.5 Å². The first-order valence-electron chi connectivity index (χ1n) is 17.4. The van der Waals surface area contributed by atoms with Crippen molar-refractivity contribution in [2.75, 3.05) is 37.6 Å². The third-order valence-electron chi connectivity index (χ3n) is 8.05. The van der Waals surface area contributed by atoms with Gasteiger partial charge in [-0.3, -0.25) is 4.79 Å². The molecule has 2 aromatic rings. The number of nitrogens with zero attached hydrogens (tertiary/aromatic N) is 4. The molecule has 2 aliphatic heterocycles. The molecule has 282 valence electrons. The molecular formula is C37H50N6O9. The van der Waals surface area contributed by atoms with Gasteiger partial charge in [0.05, 0.1) is 5.69 Å². The third-order valence-corrected chi connectivity index (χ3v) is 8.05. The average Bonchev–Trinajstić information content (AvgIpc) is 3.08. The summed E-state index contributed by atoms with van der Waals surface area (Å²) in [4.78, 5) is 73.1. The van der Waals surface area contributed by atoms with Crippen molar-refractivity contribution in [2.45, 2.75) is 84.7 Å². The van der Waals surface area contributed by atoms with Crippen LogP contribution in [0.4, 0.5) is 25.8 Å². The SMILES string of the molecule is CC(C)(C)OC(=O)N1CCCN(C(=O)OC(C)(C)C)C1=Nc1cccc(N2CCC(C(=O)NCC(NC(=O)OCc3ccccc3)C(=O)O)CC2)c1. The highest BCUT2D eigenvalue weighted by Crippen LogP contribution is 2.28. The largest absolute Gasteiger partial charge is 0.480 e. The van der Waals surface area contributed by atoms with E-state index in [0.717, 1.165) is 11.3 Å². The predicted molar refractivity (Wildman–Crippen MR) is 193 cm³/mol. The molecule has 0 aliphatic carbocycles. The molecule has 2 saturated heterocycles. The number of aliphatic carboxylic acids is 1. The van der Waals surface area contributed by atoms with E-state index in [9.17, 15) is 29.1 Å². The number of amides is 4. The Hall–Kier alpha value is -5.34. The number of hydrogen-bond donors (Lipinski definition) is 3. The number of carbonyl (C=O) groups excluding carboxylic acids is 4. The van der Waals surface area contributed by atoms with Crippen molar-refractivity contribution in [3.63, 3.8) is 0 Å². The van der Waals surface area contributed by atoms with Gasteiger partial charge in [-0.2, -0.15) is 0 Å². The fourth-order valence-corrected chi connectivity index (χ4v) is 5.56. The molecule has 0 bridgehead atoms. The Labute approximate surface area is 304 Å². The molecule has 1 atom stereocenters. The van der Waals surface area contributed by atoms with Gasteiger partial charge >= 0.3 is 24.2 Å². The van der Waals surface area contributed by atoms with E-state index in [0.29, 0.717) is 51.1 Å². The van der Waals surface area contributed by atoms with Crippen molar-refractivity contribution in [3.05, 3.63) is 60.2 Å². The number of carboxylic acid groups (broad SMARTS) is 1. The molecular weight excluding hydrogens is 672 g/mol. The molecule has 2 aromatic carbocycles. The van der Waals surface area contributed by atoms with Crippen LogP contribution in [0.5, 0.6) is 0 Å². The Morgan fingerprint density at radius 3 is 2.00 bits per heavy atom. The Morgan fingerprint density at radius 2 is 1.44 bits per heavy atom. The van der Waals surface area contributed by atoms with Crippen LogP contribution in [0, 0.1) is 5.92 Å². The summed E-state index contributed by atoms with van der Waals surface area (Å²) in [5.41, 5.74) is 0.581. The fourth-order valence-electron chi connectivity index (χ4n) is 5.56. The second-order valence-electron chi connectivity index (χ2n) is 14.7. The number of nitrogens with one attached hydrogen (secondary N) is 2. The first-order chi connectivity index (χ1) is 24.5. The second-order valence-corrected chi connectivity index (χ2v) is 14.7. The number of guanidine groups is 1. The maximum atomic E-state index is 13.3. The van der Waals surface area contributed by atoms with E-state index in [2.05, 4.69) is 15.5 Å². The fraction of sp³-hybridized carbons (Fsp3) is 0.514. The molecule has 52 heavy (non-hydrogen) atoms. The minimum Gasteiger partial charge on any atom is -0.480 e. The minimum absolute atomic E-state index is 0.0184. The van der Waals surface area contributed by atoms with Crippen LogP contribution in [-0.4, -0.2) is 101 Å². The van der Waals surface area contributed by atoms with Gasteiger partial charge in [0.15, 0.2) is 0 Å². The van der Waals surface area contributed by atoms with Gasteiger partial charge in [-0.25, -0.2) is 34.0 Å². The third kappa shape index (κ3) is 11.9. The van der Waals surface area contributed by atoms with Gasteiger partial charge in [0, 0.05) is 44.3 Å². The summed E-state index contributed by atoms with van der Waals surface area (Å²) >= 11 is 0. The zero-order chi connectivity index (χ0) is 38.1. The number of piperidine rings is 1. The molecule has 0 radical (unpaired) electrons. The first-order valence-corrected chi connectivity index (χ1v) is 17.4. The van der Waals surface area contributed by atoms with Crippen molar-refractivity contribution in [1.82, 2.24) is 20.4 Å². The van der Waals surface area contributed by atoms with E-state index in [1.807, 2.05) is 24.3 Å². The molecule has 3 N–H and O–H groups in total. The van der Waals surface area contributed by atoms with Gasteiger partial charge < -0.3 is 34.9 Å². The van der Waals surface area contributed by atoms with Gasteiger partial charge in [-0.05, 0) is 84.6 Å². The summed E-state index contributed by atoms with van der Waals surface area (Å²) in [6.07, 6.45) is -0.616.